The van der Waals surface area contributed by atoms with Gasteiger partial charge in [-0.3, -0.25) is 19.5 Å². The van der Waals surface area contributed by atoms with Gasteiger partial charge >= 0.3 is 0 Å². The Bertz CT molecular complexity index is 1470. The summed E-state index contributed by atoms with van der Waals surface area (Å²) in [6.45, 7) is 3.53. The van der Waals surface area contributed by atoms with E-state index in [9.17, 15) is 14.4 Å². The molecule has 37 heavy (non-hydrogen) atoms. The maximum atomic E-state index is 13.3. The third-order valence-electron chi connectivity index (χ3n) is 6.42. The number of amides is 3. The number of hydrogen-bond acceptors (Lipinski definition) is 5. The minimum absolute atomic E-state index is 0.0173. The van der Waals surface area contributed by atoms with Crippen LogP contribution in [0.15, 0.2) is 60.0 Å². The number of nitrogens with one attached hydrogen (secondary N) is 2. The molecular formula is C28H27N5O3S. The SMILES string of the molecule is CC(=O)N1CCN(C(=O)c2ccc(/C=C/c3n[nH]c4ccccc34)c(NC(=O)Cc3cccs3)c2)CC1. The highest BCUT2D eigenvalue weighted by Crippen LogP contribution is 2.24. The number of carbonyl (C=O) groups is 3. The predicted octanol–water partition coefficient (Wildman–Crippen LogP) is 4.28. The number of para-hydroxylation sites is 1. The molecule has 0 radical (unpaired) electrons. The van der Waals surface area contributed by atoms with Crippen molar-refractivity contribution in [2.45, 2.75) is 13.3 Å². The number of fused-ring (bicyclic) bond motifs is 1. The first-order valence-corrected chi connectivity index (χ1v) is 13.0. The Balaban J connectivity index is 1.40. The molecule has 0 unspecified atom stereocenters. The van der Waals surface area contributed by atoms with Crippen molar-refractivity contribution >= 4 is 57.8 Å². The van der Waals surface area contributed by atoms with Crippen LogP contribution in [-0.4, -0.2) is 63.9 Å². The molecule has 2 aromatic carbocycles. The Labute approximate surface area is 218 Å². The zero-order valence-corrected chi connectivity index (χ0v) is 21.3. The van der Waals surface area contributed by atoms with Crippen molar-refractivity contribution in [2.24, 2.45) is 0 Å². The van der Waals surface area contributed by atoms with Crippen molar-refractivity contribution in [1.82, 2.24) is 20.0 Å². The average molecular weight is 514 g/mol. The van der Waals surface area contributed by atoms with Crippen LogP contribution in [0.3, 0.4) is 0 Å². The molecule has 0 saturated carbocycles. The van der Waals surface area contributed by atoms with Crippen molar-refractivity contribution in [2.75, 3.05) is 31.5 Å². The third-order valence-corrected chi connectivity index (χ3v) is 7.30. The van der Waals surface area contributed by atoms with Crippen molar-refractivity contribution in [3.8, 4) is 0 Å². The van der Waals surface area contributed by atoms with Gasteiger partial charge in [-0.15, -0.1) is 11.3 Å². The third kappa shape index (κ3) is 5.62. The average Bonchev–Trinajstić information content (AvgIpc) is 3.57. The molecule has 2 aromatic heterocycles. The fourth-order valence-corrected chi connectivity index (χ4v) is 5.10. The first kappa shape index (κ1) is 24.5. The summed E-state index contributed by atoms with van der Waals surface area (Å²) in [5.41, 5.74) is 3.55. The zero-order chi connectivity index (χ0) is 25.8. The van der Waals surface area contributed by atoms with Gasteiger partial charge in [-0.1, -0.05) is 36.4 Å². The van der Waals surface area contributed by atoms with E-state index >= 15 is 0 Å². The Morgan fingerprint density at radius 2 is 1.78 bits per heavy atom. The summed E-state index contributed by atoms with van der Waals surface area (Å²) < 4.78 is 0. The summed E-state index contributed by atoms with van der Waals surface area (Å²) in [5, 5.41) is 13.4. The number of hydrogen-bond donors (Lipinski definition) is 2. The maximum absolute atomic E-state index is 13.3. The molecule has 9 heteroatoms. The van der Waals surface area contributed by atoms with E-state index in [1.165, 1.54) is 11.3 Å². The van der Waals surface area contributed by atoms with Gasteiger partial charge in [0.15, 0.2) is 0 Å². The normalized spacial score (nSPS) is 13.9. The number of aromatic nitrogens is 2. The number of rotatable bonds is 6. The second-order valence-electron chi connectivity index (χ2n) is 8.89. The van der Waals surface area contributed by atoms with Crippen molar-refractivity contribution in [1.29, 1.82) is 0 Å². The Hall–Kier alpha value is -4.24. The van der Waals surface area contributed by atoms with Crippen LogP contribution in [0.2, 0.25) is 0 Å². The quantitative estimate of drug-likeness (QED) is 0.402. The van der Waals surface area contributed by atoms with E-state index in [0.29, 0.717) is 37.4 Å². The van der Waals surface area contributed by atoms with E-state index in [1.807, 2.05) is 60.0 Å². The van der Waals surface area contributed by atoms with Crippen LogP contribution in [0.4, 0.5) is 5.69 Å². The molecule has 3 amide bonds. The van der Waals surface area contributed by atoms with Crippen LogP contribution >= 0.6 is 11.3 Å². The number of thiophene rings is 1. The minimum atomic E-state index is -0.151. The van der Waals surface area contributed by atoms with E-state index in [0.717, 1.165) is 27.0 Å². The number of benzene rings is 2. The summed E-state index contributed by atoms with van der Waals surface area (Å²) in [4.78, 5) is 42.2. The van der Waals surface area contributed by atoms with Crippen LogP contribution in [0.1, 0.15) is 33.4 Å². The van der Waals surface area contributed by atoms with Gasteiger partial charge in [0.25, 0.3) is 5.91 Å². The molecule has 1 fully saturated rings. The van der Waals surface area contributed by atoms with Gasteiger partial charge < -0.3 is 15.1 Å². The lowest BCUT2D eigenvalue weighted by Gasteiger charge is -2.34. The number of anilines is 1. The predicted molar refractivity (Wildman–Crippen MR) is 146 cm³/mol. The second kappa shape index (κ2) is 10.8. The maximum Gasteiger partial charge on any atom is 0.254 e. The second-order valence-corrected chi connectivity index (χ2v) is 9.92. The lowest BCUT2D eigenvalue weighted by atomic mass is 10.1. The van der Waals surface area contributed by atoms with E-state index in [1.54, 1.807) is 28.9 Å². The molecule has 2 N–H and O–H groups in total. The van der Waals surface area contributed by atoms with Gasteiger partial charge in [0, 0.05) is 54.6 Å². The van der Waals surface area contributed by atoms with Gasteiger partial charge in [-0.05, 0) is 41.3 Å². The summed E-state index contributed by atoms with van der Waals surface area (Å²) in [7, 11) is 0. The molecule has 188 valence electrons. The molecule has 0 spiro atoms. The first-order chi connectivity index (χ1) is 18.0. The van der Waals surface area contributed by atoms with Gasteiger partial charge in [0.2, 0.25) is 11.8 Å². The number of H-pyrrole nitrogens is 1. The summed E-state index contributed by atoms with van der Waals surface area (Å²) >= 11 is 1.53. The molecule has 5 rings (SSSR count). The topological polar surface area (TPSA) is 98.4 Å². The summed E-state index contributed by atoms with van der Waals surface area (Å²) in [6, 6.07) is 17.1. The van der Waals surface area contributed by atoms with Crippen LogP contribution in [0.25, 0.3) is 23.1 Å². The van der Waals surface area contributed by atoms with E-state index < -0.39 is 0 Å². The Morgan fingerprint density at radius 3 is 2.54 bits per heavy atom. The monoisotopic (exact) mass is 513 g/mol. The standard InChI is InChI=1S/C28H27N5O3S/c1-19(34)32-12-14-33(15-13-32)28(36)21-9-8-20(10-11-25-23-6-2-3-7-24(23)30-31-25)26(17-21)29-27(35)18-22-5-4-16-37-22/h2-11,16-17H,12-15,18H2,1H3,(H,29,35)(H,30,31)/b11-10+. The fraction of sp³-hybridized carbons (Fsp3) is 0.214. The van der Waals surface area contributed by atoms with Crippen molar-refractivity contribution in [3.63, 3.8) is 0 Å². The van der Waals surface area contributed by atoms with Gasteiger partial charge in [-0.2, -0.15) is 5.10 Å². The van der Waals surface area contributed by atoms with E-state index in [2.05, 4.69) is 15.5 Å². The van der Waals surface area contributed by atoms with E-state index in [4.69, 9.17) is 0 Å². The molecule has 3 heterocycles. The summed E-state index contributed by atoms with van der Waals surface area (Å²) in [5.74, 6) is -0.253. The molecule has 1 aliphatic heterocycles. The van der Waals surface area contributed by atoms with Crippen molar-refractivity contribution < 1.29 is 14.4 Å². The van der Waals surface area contributed by atoms with Crippen LogP contribution in [0, 0.1) is 0 Å². The fourth-order valence-electron chi connectivity index (χ4n) is 4.40. The molecule has 0 atom stereocenters. The van der Waals surface area contributed by atoms with Gasteiger partial charge in [0.05, 0.1) is 17.6 Å². The highest BCUT2D eigenvalue weighted by atomic mass is 32.1. The zero-order valence-electron chi connectivity index (χ0n) is 20.4. The number of nitrogens with zero attached hydrogens (tertiary/aromatic N) is 3. The lowest BCUT2D eigenvalue weighted by Crippen LogP contribution is -2.50. The lowest BCUT2D eigenvalue weighted by molar-refractivity contribution is -0.130. The number of carbonyl (C=O) groups excluding carboxylic acids is 3. The number of piperazine rings is 1. The van der Waals surface area contributed by atoms with Crippen LogP contribution < -0.4 is 5.32 Å². The Kier molecular flexibility index (Phi) is 7.14. The highest BCUT2D eigenvalue weighted by Gasteiger charge is 2.24. The van der Waals surface area contributed by atoms with Crippen LogP contribution in [0.5, 0.6) is 0 Å². The van der Waals surface area contributed by atoms with Gasteiger partial charge in [0.1, 0.15) is 0 Å². The Morgan fingerprint density at radius 1 is 1.00 bits per heavy atom. The van der Waals surface area contributed by atoms with Crippen molar-refractivity contribution in [3.05, 3.63) is 81.7 Å². The molecular weight excluding hydrogens is 486 g/mol. The number of aromatic amines is 1. The molecule has 0 bridgehead atoms. The van der Waals surface area contributed by atoms with Crippen LogP contribution in [-0.2, 0) is 16.0 Å². The summed E-state index contributed by atoms with van der Waals surface area (Å²) in [6.07, 6.45) is 4.05. The smallest absolute Gasteiger partial charge is 0.254 e. The highest BCUT2D eigenvalue weighted by molar-refractivity contribution is 7.10. The first-order valence-electron chi connectivity index (χ1n) is 12.1. The molecule has 1 aliphatic rings. The molecule has 0 aliphatic carbocycles. The largest absolute Gasteiger partial charge is 0.339 e. The molecule has 4 aromatic rings. The minimum Gasteiger partial charge on any atom is -0.339 e. The van der Waals surface area contributed by atoms with E-state index in [-0.39, 0.29) is 24.1 Å². The molecule has 1 saturated heterocycles. The molecule has 8 nitrogen and oxygen atoms in total. The van der Waals surface area contributed by atoms with Gasteiger partial charge in [-0.25, -0.2) is 0 Å².